The lowest BCUT2D eigenvalue weighted by molar-refractivity contribution is -0.115. The van der Waals surface area contributed by atoms with Gasteiger partial charge in [-0.1, -0.05) is 0 Å². The summed E-state index contributed by atoms with van der Waals surface area (Å²) in [5.74, 6) is 0.165. The van der Waals surface area contributed by atoms with Crippen LogP contribution in [0.2, 0.25) is 0 Å². The molecule has 0 fully saturated rings. The zero-order valence-corrected chi connectivity index (χ0v) is 17.8. The van der Waals surface area contributed by atoms with Crippen LogP contribution in [0.3, 0.4) is 0 Å². The Balaban J connectivity index is 2.00. The van der Waals surface area contributed by atoms with Crippen molar-refractivity contribution in [3.8, 4) is 17.2 Å². The number of hydrogen-bond acceptors (Lipinski definition) is 7. The lowest BCUT2D eigenvalue weighted by Gasteiger charge is -2.13. The molecule has 2 aromatic carbocycles. The maximum Gasteiger partial charge on any atom is 0.251 e. The van der Waals surface area contributed by atoms with Gasteiger partial charge in [0.05, 0.1) is 39.8 Å². The zero-order chi connectivity index (χ0) is 22.3. The van der Waals surface area contributed by atoms with Crippen LogP contribution >= 0.6 is 0 Å². The third-order valence-electron chi connectivity index (χ3n) is 3.84. The number of anilines is 2. The summed E-state index contributed by atoms with van der Waals surface area (Å²) in [6, 6.07) is 9.06. The minimum Gasteiger partial charge on any atom is -0.494 e. The fraction of sp³-hybridized carbons (Fsp3) is 0.263. The van der Waals surface area contributed by atoms with E-state index in [1.165, 1.54) is 45.6 Å². The molecule has 3 N–H and O–H groups in total. The van der Waals surface area contributed by atoms with Crippen LogP contribution in [0.15, 0.2) is 36.4 Å². The molecule has 0 aliphatic heterocycles. The molecule has 2 aromatic rings. The monoisotopic (exact) mass is 437 g/mol. The Morgan fingerprint density at radius 1 is 0.900 bits per heavy atom. The minimum atomic E-state index is -3.48. The van der Waals surface area contributed by atoms with Crippen molar-refractivity contribution in [2.45, 2.75) is 0 Å². The normalized spacial score (nSPS) is 10.7. The van der Waals surface area contributed by atoms with E-state index in [0.717, 1.165) is 6.26 Å². The van der Waals surface area contributed by atoms with Crippen molar-refractivity contribution < 1.29 is 32.2 Å². The molecule has 0 spiro atoms. The molecule has 2 rings (SSSR count). The van der Waals surface area contributed by atoms with E-state index in [0.29, 0.717) is 22.7 Å². The van der Waals surface area contributed by atoms with Gasteiger partial charge in [0.2, 0.25) is 15.9 Å². The summed E-state index contributed by atoms with van der Waals surface area (Å²) in [4.78, 5) is 24.4. The van der Waals surface area contributed by atoms with Gasteiger partial charge in [0.25, 0.3) is 5.91 Å². The van der Waals surface area contributed by atoms with Crippen LogP contribution in [0.25, 0.3) is 0 Å². The largest absolute Gasteiger partial charge is 0.494 e. The lowest BCUT2D eigenvalue weighted by Crippen LogP contribution is -2.32. The first kappa shape index (κ1) is 22.8. The van der Waals surface area contributed by atoms with Gasteiger partial charge in [0.15, 0.2) is 11.5 Å². The molecule has 0 saturated carbocycles. The summed E-state index contributed by atoms with van der Waals surface area (Å²) in [5.41, 5.74) is 0.911. The Morgan fingerprint density at radius 2 is 1.57 bits per heavy atom. The first-order valence-electron chi connectivity index (χ1n) is 8.62. The highest BCUT2D eigenvalue weighted by atomic mass is 32.2. The summed E-state index contributed by atoms with van der Waals surface area (Å²) in [7, 11) is 0.835. The first-order chi connectivity index (χ1) is 14.2. The standard InChI is InChI=1S/C19H23N3O7S/c1-27-15-8-5-12(9-17(15)29-3)19(24)20-11-18(23)21-13-6-7-14(16(10-13)28-2)22-30(4,25)26/h5-10,22H,11H2,1-4H3,(H,20,24)(H,21,23). The molecule has 0 heterocycles. The molecular formula is C19H23N3O7S. The number of methoxy groups -OCH3 is 3. The van der Waals surface area contributed by atoms with Crippen molar-refractivity contribution in [2.24, 2.45) is 0 Å². The van der Waals surface area contributed by atoms with Gasteiger partial charge in [-0.3, -0.25) is 14.3 Å². The van der Waals surface area contributed by atoms with Crippen LogP contribution in [-0.4, -0.2) is 54.4 Å². The Bertz CT molecular complexity index is 1040. The maximum atomic E-state index is 12.3. The summed E-state index contributed by atoms with van der Waals surface area (Å²) < 4.78 is 40.5. The topological polar surface area (TPSA) is 132 Å². The molecule has 2 amide bonds. The van der Waals surface area contributed by atoms with Crippen LogP contribution in [-0.2, 0) is 14.8 Å². The van der Waals surface area contributed by atoms with E-state index < -0.39 is 21.8 Å². The number of nitrogens with one attached hydrogen (secondary N) is 3. The summed E-state index contributed by atoms with van der Waals surface area (Å²) in [6.45, 7) is -0.279. The molecule has 30 heavy (non-hydrogen) atoms. The van der Waals surface area contributed by atoms with Crippen molar-refractivity contribution in [3.63, 3.8) is 0 Å². The average Bonchev–Trinajstić information content (AvgIpc) is 2.71. The number of carbonyl (C=O) groups is 2. The molecule has 0 radical (unpaired) electrons. The second kappa shape index (κ2) is 9.83. The first-order valence-corrected chi connectivity index (χ1v) is 10.5. The molecule has 0 bridgehead atoms. The average molecular weight is 437 g/mol. The van der Waals surface area contributed by atoms with E-state index in [1.807, 2.05) is 0 Å². The second-order valence-electron chi connectivity index (χ2n) is 6.09. The second-order valence-corrected chi connectivity index (χ2v) is 7.84. The summed E-state index contributed by atoms with van der Waals surface area (Å²) in [5, 5.41) is 5.11. The van der Waals surface area contributed by atoms with Gasteiger partial charge in [-0.2, -0.15) is 0 Å². The number of hydrogen-bond donors (Lipinski definition) is 3. The lowest BCUT2D eigenvalue weighted by atomic mass is 10.2. The number of sulfonamides is 1. The number of amides is 2. The van der Waals surface area contributed by atoms with Crippen molar-refractivity contribution in [3.05, 3.63) is 42.0 Å². The van der Waals surface area contributed by atoms with Crippen LogP contribution in [0.5, 0.6) is 17.2 Å². The van der Waals surface area contributed by atoms with Crippen LogP contribution in [0.1, 0.15) is 10.4 Å². The Hall–Kier alpha value is -3.47. The highest BCUT2D eigenvalue weighted by Crippen LogP contribution is 2.29. The quantitative estimate of drug-likeness (QED) is 0.541. The number of rotatable bonds is 9. The fourth-order valence-electron chi connectivity index (χ4n) is 2.50. The molecule has 162 valence electrons. The zero-order valence-electron chi connectivity index (χ0n) is 16.9. The molecule has 0 unspecified atom stereocenters. The SMILES string of the molecule is COc1cc(NC(=O)CNC(=O)c2ccc(OC)c(OC)c2)ccc1NS(C)(=O)=O. The summed E-state index contributed by atoms with van der Waals surface area (Å²) in [6.07, 6.45) is 1.02. The van der Waals surface area contributed by atoms with Crippen LogP contribution < -0.4 is 29.6 Å². The molecule has 0 atom stereocenters. The van der Waals surface area contributed by atoms with E-state index >= 15 is 0 Å². The predicted octanol–water partition coefficient (Wildman–Crippen LogP) is 1.45. The molecule has 0 aliphatic rings. The third kappa shape index (κ3) is 6.27. The minimum absolute atomic E-state index is 0.229. The van der Waals surface area contributed by atoms with E-state index in [2.05, 4.69) is 15.4 Å². The van der Waals surface area contributed by atoms with Crippen molar-refractivity contribution in [1.29, 1.82) is 0 Å². The molecule has 11 heteroatoms. The van der Waals surface area contributed by atoms with Gasteiger partial charge < -0.3 is 24.8 Å². The van der Waals surface area contributed by atoms with Crippen LogP contribution in [0.4, 0.5) is 11.4 Å². The Morgan fingerprint density at radius 3 is 2.17 bits per heavy atom. The fourth-order valence-corrected chi connectivity index (χ4v) is 3.07. The smallest absolute Gasteiger partial charge is 0.251 e. The predicted molar refractivity (Wildman–Crippen MR) is 112 cm³/mol. The third-order valence-corrected chi connectivity index (χ3v) is 4.43. The van der Waals surface area contributed by atoms with Gasteiger partial charge in [0, 0.05) is 17.3 Å². The van der Waals surface area contributed by atoms with Gasteiger partial charge in [-0.15, -0.1) is 0 Å². The Labute approximate surface area is 174 Å². The molecule has 10 nitrogen and oxygen atoms in total. The van der Waals surface area contributed by atoms with Crippen LogP contribution in [0, 0.1) is 0 Å². The van der Waals surface area contributed by atoms with Gasteiger partial charge in [-0.05, 0) is 30.3 Å². The van der Waals surface area contributed by atoms with E-state index in [9.17, 15) is 18.0 Å². The molecule has 0 saturated heterocycles. The van der Waals surface area contributed by atoms with Crippen molar-refractivity contribution in [2.75, 3.05) is 44.2 Å². The van der Waals surface area contributed by atoms with Crippen molar-refractivity contribution in [1.82, 2.24) is 5.32 Å². The number of carbonyl (C=O) groups excluding carboxylic acids is 2. The maximum absolute atomic E-state index is 12.3. The summed E-state index contributed by atoms with van der Waals surface area (Å²) >= 11 is 0. The molecule has 0 aliphatic carbocycles. The molecule has 0 aromatic heterocycles. The molecular weight excluding hydrogens is 414 g/mol. The van der Waals surface area contributed by atoms with Crippen molar-refractivity contribution >= 4 is 33.2 Å². The Kier molecular flexibility index (Phi) is 7.48. The highest BCUT2D eigenvalue weighted by Gasteiger charge is 2.13. The number of benzene rings is 2. The van der Waals surface area contributed by atoms with Gasteiger partial charge >= 0.3 is 0 Å². The number of ether oxygens (including phenoxy) is 3. The van der Waals surface area contributed by atoms with Gasteiger partial charge in [0.1, 0.15) is 5.75 Å². The van der Waals surface area contributed by atoms with Gasteiger partial charge in [-0.25, -0.2) is 8.42 Å². The van der Waals surface area contributed by atoms with E-state index in [-0.39, 0.29) is 18.0 Å². The van der Waals surface area contributed by atoms with E-state index in [4.69, 9.17) is 14.2 Å². The highest BCUT2D eigenvalue weighted by molar-refractivity contribution is 7.92. The van der Waals surface area contributed by atoms with E-state index in [1.54, 1.807) is 12.1 Å².